The minimum atomic E-state index is 0.538. The van der Waals surface area contributed by atoms with E-state index in [0.29, 0.717) is 16.9 Å². The van der Waals surface area contributed by atoms with Gasteiger partial charge in [0.2, 0.25) is 0 Å². The number of pyridine rings is 1. The zero-order chi connectivity index (χ0) is 14.7. The highest BCUT2D eigenvalue weighted by Crippen LogP contribution is 2.17. The number of rotatable bonds is 3. The summed E-state index contributed by atoms with van der Waals surface area (Å²) in [5.41, 5.74) is 2.52. The number of H-pyrrole nitrogens is 1. The van der Waals surface area contributed by atoms with Crippen LogP contribution in [0.2, 0.25) is 0 Å². The Morgan fingerprint density at radius 2 is 2.19 bits per heavy atom. The van der Waals surface area contributed by atoms with Gasteiger partial charge in [-0.1, -0.05) is 12.1 Å². The number of aromatic amines is 1. The molecule has 0 aliphatic rings. The SMILES string of the molecule is N#Cc1cccc(Cn2c(-c3cccnc3)n[nH]c2=S)c1. The van der Waals surface area contributed by atoms with E-state index in [1.807, 2.05) is 34.9 Å². The molecule has 3 aromatic rings. The van der Waals surface area contributed by atoms with Crippen LogP contribution in [0.25, 0.3) is 11.4 Å². The van der Waals surface area contributed by atoms with Gasteiger partial charge in [0.25, 0.3) is 0 Å². The van der Waals surface area contributed by atoms with Crippen molar-refractivity contribution in [2.75, 3.05) is 0 Å². The molecule has 0 aliphatic carbocycles. The normalized spacial score (nSPS) is 10.2. The van der Waals surface area contributed by atoms with Crippen molar-refractivity contribution in [3.05, 3.63) is 64.7 Å². The summed E-state index contributed by atoms with van der Waals surface area (Å²) in [4.78, 5) is 4.10. The smallest absolute Gasteiger partial charge is 0.195 e. The maximum atomic E-state index is 8.97. The first-order valence-corrected chi connectivity index (χ1v) is 6.73. The molecule has 0 saturated heterocycles. The van der Waals surface area contributed by atoms with Gasteiger partial charge in [-0.05, 0) is 42.0 Å². The van der Waals surface area contributed by atoms with Crippen molar-refractivity contribution in [1.82, 2.24) is 19.7 Å². The minimum Gasteiger partial charge on any atom is -0.296 e. The summed E-state index contributed by atoms with van der Waals surface area (Å²) in [7, 11) is 0. The van der Waals surface area contributed by atoms with Crippen molar-refractivity contribution in [2.24, 2.45) is 0 Å². The molecule has 0 radical (unpaired) electrons. The summed E-state index contributed by atoms with van der Waals surface area (Å²) in [5, 5.41) is 16.0. The van der Waals surface area contributed by atoms with Crippen molar-refractivity contribution < 1.29 is 0 Å². The standard InChI is InChI=1S/C15H11N5S/c16-8-11-3-1-4-12(7-11)10-20-14(18-19-15(20)21)13-5-2-6-17-9-13/h1-7,9H,10H2,(H,19,21). The predicted molar refractivity (Wildman–Crippen MR) is 80.9 cm³/mol. The molecule has 3 rings (SSSR count). The highest BCUT2D eigenvalue weighted by molar-refractivity contribution is 7.71. The zero-order valence-corrected chi connectivity index (χ0v) is 11.8. The number of nitriles is 1. The fraction of sp³-hybridized carbons (Fsp3) is 0.0667. The highest BCUT2D eigenvalue weighted by atomic mass is 32.1. The molecule has 0 unspecified atom stereocenters. The van der Waals surface area contributed by atoms with Gasteiger partial charge in [0.05, 0.1) is 18.2 Å². The lowest BCUT2D eigenvalue weighted by atomic mass is 10.1. The molecule has 21 heavy (non-hydrogen) atoms. The molecule has 0 aliphatic heterocycles. The van der Waals surface area contributed by atoms with E-state index >= 15 is 0 Å². The lowest BCUT2D eigenvalue weighted by molar-refractivity contribution is 0.790. The van der Waals surface area contributed by atoms with Gasteiger partial charge in [-0.2, -0.15) is 10.4 Å². The fourth-order valence-corrected chi connectivity index (χ4v) is 2.30. The van der Waals surface area contributed by atoms with Gasteiger partial charge in [0.1, 0.15) is 0 Å². The van der Waals surface area contributed by atoms with Gasteiger partial charge in [-0.25, -0.2) is 0 Å². The van der Waals surface area contributed by atoms with E-state index in [0.717, 1.165) is 17.0 Å². The third kappa shape index (κ3) is 2.73. The molecule has 5 nitrogen and oxygen atoms in total. The Labute approximate surface area is 126 Å². The average molecular weight is 293 g/mol. The van der Waals surface area contributed by atoms with Crippen LogP contribution in [0, 0.1) is 16.1 Å². The van der Waals surface area contributed by atoms with Crippen LogP contribution in [0.5, 0.6) is 0 Å². The van der Waals surface area contributed by atoms with Gasteiger partial charge in [-0.15, -0.1) is 0 Å². The summed E-state index contributed by atoms with van der Waals surface area (Å²) >= 11 is 5.29. The molecule has 0 atom stereocenters. The molecule has 0 saturated carbocycles. The van der Waals surface area contributed by atoms with Gasteiger partial charge in [-0.3, -0.25) is 14.6 Å². The second kappa shape index (κ2) is 5.69. The second-order valence-electron chi connectivity index (χ2n) is 4.49. The predicted octanol–water partition coefficient (Wildman–Crippen LogP) is 2.92. The molecular weight excluding hydrogens is 282 g/mol. The van der Waals surface area contributed by atoms with Crippen LogP contribution in [-0.2, 0) is 6.54 Å². The molecule has 6 heteroatoms. The molecule has 0 amide bonds. The third-order valence-corrected chi connectivity index (χ3v) is 3.39. The topological polar surface area (TPSA) is 70.3 Å². The molecule has 2 aromatic heterocycles. The van der Waals surface area contributed by atoms with Crippen molar-refractivity contribution in [2.45, 2.75) is 6.54 Å². The fourth-order valence-electron chi connectivity index (χ4n) is 2.10. The van der Waals surface area contributed by atoms with E-state index in [1.54, 1.807) is 18.5 Å². The van der Waals surface area contributed by atoms with E-state index in [2.05, 4.69) is 21.3 Å². The van der Waals surface area contributed by atoms with Gasteiger partial charge in [0.15, 0.2) is 10.6 Å². The first kappa shape index (κ1) is 13.2. The Balaban J connectivity index is 2.02. The Kier molecular flexibility index (Phi) is 3.58. The lowest BCUT2D eigenvalue weighted by Crippen LogP contribution is -2.03. The Bertz CT molecular complexity index is 858. The summed E-state index contributed by atoms with van der Waals surface area (Å²) in [5.74, 6) is 0.732. The summed E-state index contributed by atoms with van der Waals surface area (Å²) in [6.07, 6.45) is 3.46. The van der Waals surface area contributed by atoms with Gasteiger partial charge < -0.3 is 0 Å². The van der Waals surface area contributed by atoms with E-state index in [-0.39, 0.29) is 0 Å². The molecule has 0 fully saturated rings. The van der Waals surface area contributed by atoms with E-state index in [1.165, 1.54) is 0 Å². The number of benzene rings is 1. The van der Waals surface area contributed by atoms with Crippen molar-refractivity contribution in [1.29, 1.82) is 5.26 Å². The molecule has 0 spiro atoms. The van der Waals surface area contributed by atoms with Gasteiger partial charge >= 0.3 is 0 Å². The largest absolute Gasteiger partial charge is 0.296 e. The van der Waals surface area contributed by atoms with E-state index in [4.69, 9.17) is 17.5 Å². The van der Waals surface area contributed by atoms with E-state index < -0.39 is 0 Å². The Hall–Kier alpha value is -2.78. The Morgan fingerprint density at radius 3 is 2.95 bits per heavy atom. The van der Waals surface area contributed by atoms with Crippen molar-refractivity contribution in [3.8, 4) is 17.5 Å². The summed E-state index contributed by atoms with van der Waals surface area (Å²) in [6, 6.07) is 13.4. The van der Waals surface area contributed by atoms with Crippen LogP contribution in [-0.4, -0.2) is 19.7 Å². The maximum Gasteiger partial charge on any atom is 0.195 e. The molecule has 102 valence electrons. The second-order valence-corrected chi connectivity index (χ2v) is 4.88. The van der Waals surface area contributed by atoms with Crippen LogP contribution >= 0.6 is 12.2 Å². The van der Waals surface area contributed by atoms with Crippen LogP contribution in [0.1, 0.15) is 11.1 Å². The first-order chi connectivity index (χ1) is 10.3. The molecule has 0 bridgehead atoms. The van der Waals surface area contributed by atoms with Crippen LogP contribution in [0.3, 0.4) is 0 Å². The number of hydrogen-bond donors (Lipinski definition) is 1. The van der Waals surface area contributed by atoms with E-state index in [9.17, 15) is 0 Å². The lowest BCUT2D eigenvalue weighted by Gasteiger charge is -2.07. The number of aromatic nitrogens is 4. The number of hydrogen-bond acceptors (Lipinski definition) is 4. The number of nitrogens with zero attached hydrogens (tertiary/aromatic N) is 4. The summed E-state index contributed by atoms with van der Waals surface area (Å²) in [6.45, 7) is 0.551. The zero-order valence-electron chi connectivity index (χ0n) is 11.0. The van der Waals surface area contributed by atoms with Crippen LogP contribution in [0.4, 0.5) is 0 Å². The minimum absolute atomic E-state index is 0.538. The average Bonchev–Trinajstić information content (AvgIpc) is 2.89. The monoisotopic (exact) mass is 293 g/mol. The van der Waals surface area contributed by atoms with Gasteiger partial charge in [0, 0.05) is 18.0 Å². The number of nitrogens with one attached hydrogen (secondary N) is 1. The quantitative estimate of drug-likeness (QED) is 0.754. The first-order valence-electron chi connectivity index (χ1n) is 6.32. The van der Waals surface area contributed by atoms with Crippen molar-refractivity contribution >= 4 is 12.2 Å². The molecule has 1 N–H and O–H groups in total. The maximum absolute atomic E-state index is 8.97. The molecule has 1 aromatic carbocycles. The van der Waals surface area contributed by atoms with Crippen molar-refractivity contribution in [3.63, 3.8) is 0 Å². The third-order valence-electron chi connectivity index (χ3n) is 3.07. The highest BCUT2D eigenvalue weighted by Gasteiger charge is 2.09. The molecular formula is C15H11N5S. The Morgan fingerprint density at radius 1 is 1.29 bits per heavy atom. The van der Waals surface area contributed by atoms with Crippen LogP contribution in [0.15, 0.2) is 48.8 Å². The van der Waals surface area contributed by atoms with Crippen LogP contribution < -0.4 is 0 Å². The molecule has 2 heterocycles. The summed E-state index contributed by atoms with van der Waals surface area (Å²) < 4.78 is 2.43.